The quantitative estimate of drug-likeness (QED) is 0.542. The van der Waals surface area contributed by atoms with Crippen molar-refractivity contribution in [1.29, 1.82) is 0 Å². The van der Waals surface area contributed by atoms with Crippen molar-refractivity contribution in [3.8, 4) is 5.75 Å². The number of carbonyl (C=O) groups excluding carboxylic acids is 1. The van der Waals surface area contributed by atoms with Gasteiger partial charge < -0.3 is 9.47 Å². The van der Waals surface area contributed by atoms with Crippen LogP contribution in [-0.2, 0) is 4.74 Å². The van der Waals surface area contributed by atoms with Crippen molar-refractivity contribution in [1.82, 2.24) is 0 Å². The predicted octanol–water partition coefficient (Wildman–Crippen LogP) is 4.67. The molecule has 0 aliphatic heterocycles. The molecule has 0 fully saturated rings. The van der Waals surface area contributed by atoms with E-state index >= 15 is 0 Å². The normalized spacial score (nSPS) is 11.6. The summed E-state index contributed by atoms with van der Waals surface area (Å²) in [7, 11) is 0. The highest BCUT2D eigenvalue weighted by Gasteiger charge is 2.21. The van der Waals surface area contributed by atoms with Crippen molar-refractivity contribution in [2.45, 2.75) is 46.6 Å². The first-order valence-electron chi connectivity index (χ1n) is 6.85. The summed E-state index contributed by atoms with van der Waals surface area (Å²) in [5, 5.41) is 0. The maximum Gasteiger partial charge on any atom is 0.342 e. The summed E-state index contributed by atoms with van der Waals surface area (Å²) in [5.74, 6) is 0.833. The van der Waals surface area contributed by atoms with Crippen LogP contribution in [0.4, 0.5) is 0 Å². The smallest absolute Gasteiger partial charge is 0.342 e. The molecule has 0 aliphatic rings. The lowest BCUT2D eigenvalue weighted by Gasteiger charge is -2.20. The maximum absolute atomic E-state index is 12.2. The van der Waals surface area contributed by atoms with Crippen LogP contribution in [0.1, 0.15) is 51.4 Å². The molecule has 0 bridgehead atoms. The molecule has 0 N–H and O–H groups in total. The van der Waals surface area contributed by atoms with E-state index in [9.17, 15) is 4.79 Å². The Kier molecular flexibility index (Phi) is 6.30. The number of rotatable bonds is 5. The van der Waals surface area contributed by atoms with Gasteiger partial charge in [0.05, 0.1) is 6.61 Å². The summed E-state index contributed by atoms with van der Waals surface area (Å²) in [6, 6.07) is 5.57. The van der Waals surface area contributed by atoms with E-state index in [2.05, 4.69) is 36.4 Å². The summed E-state index contributed by atoms with van der Waals surface area (Å²) in [5.41, 5.74) is -0.0105. The van der Waals surface area contributed by atoms with E-state index in [1.807, 2.05) is 32.9 Å². The van der Waals surface area contributed by atoms with Crippen LogP contribution in [0, 0.1) is 9.49 Å². The molecule has 1 aromatic rings. The minimum Gasteiger partial charge on any atom is -0.493 e. The van der Waals surface area contributed by atoms with Crippen LogP contribution in [0.3, 0.4) is 0 Å². The molecular formula is C16H23IO3. The van der Waals surface area contributed by atoms with Gasteiger partial charge in [-0.25, -0.2) is 4.79 Å². The molecular weight excluding hydrogens is 367 g/mol. The minimum absolute atomic E-state index is 0.337. The van der Waals surface area contributed by atoms with Gasteiger partial charge in [-0.05, 0) is 73.9 Å². The average Bonchev–Trinajstić information content (AvgIpc) is 2.28. The third-order valence-electron chi connectivity index (χ3n) is 2.51. The molecule has 0 heterocycles. The molecule has 3 nitrogen and oxygen atoms in total. The van der Waals surface area contributed by atoms with Gasteiger partial charge in [0, 0.05) is 3.57 Å². The number of esters is 1. The molecule has 0 spiro atoms. The Morgan fingerprint density at radius 1 is 1.30 bits per heavy atom. The van der Waals surface area contributed by atoms with Gasteiger partial charge in [-0.3, -0.25) is 0 Å². The van der Waals surface area contributed by atoms with E-state index in [4.69, 9.17) is 9.47 Å². The van der Waals surface area contributed by atoms with Gasteiger partial charge in [-0.15, -0.1) is 0 Å². The summed E-state index contributed by atoms with van der Waals surface area (Å²) in [4.78, 5) is 12.2. The topological polar surface area (TPSA) is 35.5 Å². The highest BCUT2D eigenvalue weighted by Crippen LogP contribution is 2.24. The van der Waals surface area contributed by atoms with E-state index in [-0.39, 0.29) is 5.97 Å². The third kappa shape index (κ3) is 6.11. The van der Waals surface area contributed by atoms with Crippen molar-refractivity contribution in [2.75, 3.05) is 6.61 Å². The summed E-state index contributed by atoms with van der Waals surface area (Å²) in [6.45, 7) is 10.5. The number of benzene rings is 1. The fraction of sp³-hybridized carbons (Fsp3) is 0.562. The second-order valence-corrected chi connectivity index (χ2v) is 7.42. The molecule has 0 saturated heterocycles. The predicted molar refractivity (Wildman–Crippen MR) is 89.3 cm³/mol. The highest BCUT2D eigenvalue weighted by molar-refractivity contribution is 14.1. The molecule has 0 unspecified atom stereocenters. The van der Waals surface area contributed by atoms with Gasteiger partial charge in [0.25, 0.3) is 0 Å². The second-order valence-electron chi connectivity index (χ2n) is 6.17. The van der Waals surface area contributed by atoms with Crippen LogP contribution in [0.2, 0.25) is 0 Å². The van der Waals surface area contributed by atoms with Crippen LogP contribution in [0.25, 0.3) is 0 Å². The number of carbonyl (C=O) groups is 1. The summed E-state index contributed by atoms with van der Waals surface area (Å²) < 4.78 is 12.1. The van der Waals surface area contributed by atoms with Gasteiger partial charge >= 0.3 is 5.97 Å². The minimum atomic E-state index is -0.506. The zero-order valence-electron chi connectivity index (χ0n) is 12.8. The van der Waals surface area contributed by atoms with Crippen LogP contribution >= 0.6 is 22.6 Å². The maximum atomic E-state index is 12.2. The Morgan fingerprint density at radius 2 is 1.95 bits per heavy atom. The first kappa shape index (κ1) is 17.3. The van der Waals surface area contributed by atoms with Crippen molar-refractivity contribution >= 4 is 28.6 Å². The van der Waals surface area contributed by atoms with Crippen molar-refractivity contribution in [3.05, 3.63) is 27.3 Å². The molecule has 0 aromatic heterocycles. The molecule has 0 radical (unpaired) electrons. The molecule has 0 amide bonds. The van der Waals surface area contributed by atoms with Gasteiger partial charge in [0.2, 0.25) is 0 Å². The third-order valence-corrected chi connectivity index (χ3v) is 3.18. The van der Waals surface area contributed by atoms with E-state index < -0.39 is 5.60 Å². The van der Waals surface area contributed by atoms with Crippen LogP contribution in [0.5, 0.6) is 5.75 Å². The second kappa shape index (κ2) is 7.29. The number of halogens is 1. The van der Waals surface area contributed by atoms with E-state index in [1.165, 1.54) is 0 Å². The molecule has 4 heteroatoms. The first-order chi connectivity index (χ1) is 9.19. The summed E-state index contributed by atoms with van der Waals surface area (Å²) in [6.07, 6.45) is 0.958. The van der Waals surface area contributed by atoms with Crippen molar-refractivity contribution in [2.24, 2.45) is 5.92 Å². The number of ether oxygens (including phenoxy) is 2. The largest absolute Gasteiger partial charge is 0.493 e. The average molecular weight is 390 g/mol. The van der Waals surface area contributed by atoms with Crippen LogP contribution < -0.4 is 4.74 Å². The molecule has 0 saturated carbocycles. The van der Waals surface area contributed by atoms with E-state index in [0.29, 0.717) is 23.8 Å². The Labute approximate surface area is 135 Å². The Hall–Kier alpha value is -0.780. The molecule has 1 aromatic carbocycles. The van der Waals surface area contributed by atoms with Crippen molar-refractivity contribution < 1.29 is 14.3 Å². The zero-order chi connectivity index (χ0) is 15.3. The standard InChI is InChI=1S/C16H23IO3/c1-11(2)8-9-19-14-7-6-12(17)10-13(14)15(18)20-16(3,4)5/h6-7,10-11H,8-9H2,1-5H3. The van der Waals surface area contributed by atoms with Crippen LogP contribution in [-0.4, -0.2) is 18.2 Å². The van der Waals surface area contributed by atoms with Gasteiger partial charge in [0.15, 0.2) is 0 Å². The van der Waals surface area contributed by atoms with Gasteiger partial charge in [-0.2, -0.15) is 0 Å². The van der Waals surface area contributed by atoms with Gasteiger partial charge in [0.1, 0.15) is 16.9 Å². The highest BCUT2D eigenvalue weighted by atomic mass is 127. The molecule has 0 aliphatic carbocycles. The molecule has 20 heavy (non-hydrogen) atoms. The van der Waals surface area contributed by atoms with E-state index in [0.717, 1.165) is 9.99 Å². The summed E-state index contributed by atoms with van der Waals surface area (Å²) >= 11 is 2.18. The molecule has 112 valence electrons. The Morgan fingerprint density at radius 3 is 2.50 bits per heavy atom. The number of hydrogen-bond acceptors (Lipinski definition) is 3. The Bertz CT molecular complexity index is 461. The van der Waals surface area contributed by atoms with Crippen molar-refractivity contribution in [3.63, 3.8) is 0 Å². The van der Waals surface area contributed by atoms with E-state index in [1.54, 1.807) is 6.07 Å². The lowest BCUT2D eigenvalue weighted by atomic mass is 10.1. The fourth-order valence-electron chi connectivity index (χ4n) is 1.53. The van der Waals surface area contributed by atoms with Crippen LogP contribution in [0.15, 0.2) is 18.2 Å². The fourth-order valence-corrected chi connectivity index (χ4v) is 2.02. The zero-order valence-corrected chi connectivity index (χ0v) is 15.0. The lowest BCUT2D eigenvalue weighted by Crippen LogP contribution is -2.24. The monoisotopic (exact) mass is 390 g/mol. The Balaban J connectivity index is 2.87. The SMILES string of the molecule is CC(C)CCOc1ccc(I)cc1C(=O)OC(C)(C)C. The van der Waals surface area contributed by atoms with Gasteiger partial charge in [-0.1, -0.05) is 13.8 Å². The molecule has 1 rings (SSSR count). The lowest BCUT2D eigenvalue weighted by molar-refractivity contribution is 0.00656. The number of hydrogen-bond donors (Lipinski definition) is 0. The first-order valence-corrected chi connectivity index (χ1v) is 7.92. The molecule has 0 atom stereocenters.